The number of nitrogens with one attached hydrogen (secondary N) is 1. The highest BCUT2D eigenvalue weighted by Crippen LogP contribution is 2.25. The molecule has 0 atom stereocenters. The number of nitrogens with zero attached hydrogens (tertiary/aromatic N) is 3. The number of thiazole rings is 1. The van der Waals surface area contributed by atoms with Gasteiger partial charge in [-0.25, -0.2) is 4.98 Å². The number of aromatic nitrogens is 3. The van der Waals surface area contributed by atoms with Crippen LogP contribution in [0.15, 0.2) is 54.0 Å². The number of aryl methyl sites for hydroxylation is 2. The molecule has 27 heavy (non-hydrogen) atoms. The molecular weight excluding hydrogens is 360 g/mol. The average Bonchev–Trinajstić information content (AvgIpc) is 3.13. The van der Waals surface area contributed by atoms with E-state index in [1.807, 2.05) is 56.3 Å². The van der Waals surface area contributed by atoms with Crippen LogP contribution in [0.3, 0.4) is 0 Å². The van der Waals surface area contributed by atoms with Gasteiger partial charge in [-0.2, -0.15) is 9.97 Å². The zero-order valence-electron chi connectivity index (χ0n) is 14.8. The standard InChI is InChI=1S/C20H16N4O2S/c1-12-18(13(2)23-20(22-12)26-15-6-4-3-5-7-15)24-19(25)14-8-9-16-17(10-14)27-11-21-16/h3-11H,1-2H3,(H,24,25). The zero-order valence-corrected chi connectivity index (χ0v) is 15.6. The Balaban J connectivity index is 1.57. The van der Waals surface area contributed by atoms with Crippen molar-refractivity contribution >= 4 is 33.1 Å². The Labute approximate surface area is 159 Å². The van der Waals surface area contributed by atoms with Crippen molar-refractivity contribution < 1.29 is 9.53 Å². The Bertz CT molecular complexity index is 1100. The van der Waals surface area contributed by atoms with Gasteiger partial charge in [0.2, 0.25) is 0 Å². The second-order valence-corrected chi connectivity index (χ2v) is 6.84. The van der Waals surface area contributed by atoms with E-state index in [9.17, 15) is 4.79 Å². The van der Waals surface area contributed by atoms with Crippen LogP contribution in [0, 0.1) is 13.8 Å². The van der Waals surface area contributed by atoms with Crippen LogP contribution >= 0.6 is 11.3 Å². The maximum atomic E-state index is 12.6. The van der Waals surface area contributed by atoms with Gasteiger partial charge in [-0.05, 0) is 44.2 Å². The Hall–Kier alpha value is -3.32. The highest BCUT2D eigenvalue weighted by molar-refractivity contribution is 7.16. The predicted octanol–water partition coefficient (Wildman–Crippen LogP) is 4.75. The van der Waals surface area contributed by atoms with Crippen LogP contribution in [-0.2, 0) is 0 Å². The topological polar surface area (TPSA) is 77.0 Å². The fraction of sp³-hybridized carbons (Fsp3) is 0.100. The highest BCUT2D eigenvalue weighted by atomic mass is 32.1. The number of rotatable bonds is 4. The molecule has 0 saturated heterocycles. The van der Waals surface area contributed by atoms with E-state index in [1.54, 1.807) is 11.6 Å². The van der Waals surface area contributed by atoms with Crippen LogP contribution in [0.4, 0.5) is 5.69 Å². The number of amides is 1. The molecule has 0 radical (unpaired) electrons. The highest BCUT2D eigenvalue weighted by Gasteiger charge is 2.15. The molecule has 4 rings (SSSR count). The van der Waals surface area contributed by atoms with Crippen molar-refractivity contribution in [1.29, 1.82) is 0 Å². The zero-order chi connectivity index (χ0) is 18.8. The number of hydrogen-bond acceptors (Lipinski definition) is 6. The molecule has 7 heteroatoms. The predicted molar refractivity (Wildman–Crippen MR) is 106 cm³/mol. The normalized spacial score (nSPS) is 10.7. The monoisotopic (exact) mass is 376 g/mol. The van der Waals surface area contributed by atoms with E-state index in [0.717, 1.165) is 10.2 Å². The molecule has 0 aliphatic rings. The molecule has 1 amide bonds. The molecule has 0 unspecified atom stereocenters. The number of carbonyl (C=O) groups excluding carboxylic acids is 1. The lowest BCUT2D eigenvalue weighted by molar-refractivity contribution is 0.102. The van der Waals surface area contributed by atoms with Crippen molar-refractivity contribution in [2.24, 2.45) is 0 Å². The van der Waals surface area contributed by atoms with Crippen molar-refractivity contribution in [3.05, 3.63) is 71.0 Å². The maximum absolute atomic E-state index is 12.6. The van der Waals surface area contributed by atoms with E-state index in [-0.39, 0.29) is 11.9 Å². The van der Waals surface area contributed by atoms with Crippen molar-refractivity contribution in [1.82, 2.24) is 15.0 Å². The third-order valence-electron chi connectivity index (χ3n) is 4.03. The molecule has 2 aromatic heterocycles. The van der Waals surface area contributed by atoms with E-state index in [4.69, 9.17) is 4.74 Å². The lowest BCUT2D eigenvalue weighted by atomic mass is 10.2. The van der Waals surface area contributed by atoms with E-state index < -0.39 is 0 Å². The van der Waals surface area contributed by atoms with Gasteiger partial charge in [0, 0.05) is 5.56 Å². The largest absolute Gasteiger partial charge is 0.424 e. The Morgan fingerprint density at radius 1 is 1.04 bits per heavy atom. The molecule has 0 spiro atoms. The number of carbonyl (C=O) groups is 1. The molecule has 2 aromatic carbocycles. The van der Waals surface area contributed by atoms with E-state index in [0.29, 0.717) is 28.4 Å². The molecule has 134 valence electrons. The Morgan fingerprint density at radius 2 is 1.78 bits per heavy atom. The van der Waals surface area contributed by atoms with Crippen LogP contribution < -0.4 is 10.1 Å². The molecular formula is C20H16N4O2S. The molecule has 0 aliphatic heterocycles. The van der Waals surface area contributed by atoms with Crippen molar-refractivity contribution in [3.63, 3.8) is 0 Å². The third kappa shape index (κ3) is 3.63. The average molecular weight is 376 g/mol. The minimum absolute atomic E-state index is 0.211. The summed E-state index contributed by atoms with van der Waals surface area (Å²) in [4.78, 5) is 25.6. The molecule has 0 aliphatic carbocycles. The summed E-state index contributed by atoms with van der Waals surface area (Å²) < 4.78 is 6.65. The summed E-state index contributed by atoms with van der Waals surface area (Å²) in [6.45, 7) is 3.63. The van der Waals surface area contributed by atoms with Gasteiger partial charge in [-0.1, -0.05) is 18.2 Å². The number of benzene rings is 2. The summed E-state index contributed by atoms with van der Waals surface area (Å²) in [5.74, 6) is 0.447. The molecule has 1 N–H and O–H groups in total. The summed E-state index contributed by atoms with van der Waals surface area (Å²) in [5.41, 5.74) is 5.08. The van der Waals surface area contributed by atoms with Crippen LogP contribution in [0.1, 0.15) is 21.7 Å². The summed E-state index contributed by atoms with van der Waals surface area (Å²) in [5, 5.41) is 2.91. The minimum atomic E-state index is -0.211. The van der Waals surface area contributed by atoms with Gasteiger partial charge in [0.15, 0.2) is 0 Å². The smallest absolute Gasteiger partial charge is 0.322 e. The minimum Gasteiger partial charge on any atom is -0.424 e. The summed E-state index contributed by atoms with van der Waals surface area (Å²) in [6.07, 6.45) is 0. The van der Waals surface area contributed by atoms with Crippen molar-refractivity contribution in [3.8, 4) is 11.8 Å². The van der Waals surface area contributed by atoms with Crippen LogP contribution in [0.25, 0.3) is 10.2 Å². The lowest BCUT2D eigenvalue weighted by Crippen LogP contribution is -2.15. The Kier molecular flexibility index (Phi) is 4.52. The third-order valence-corrected chi connectivity index (χ3v) is 4.83. The van der Waals surface area contributed by atoms with E-state index in [2.05, 4.69) is 20.3 Å². The van der Waals surface area contributed by atoms with Gasteiger partial charge < -0.3 is 10.1 Å². The second-order valence-electron chi connectivity index (χ2n) is 5.96. The summed E-state index contributed by atoms with van der Waals surface area (Å²) in [6, 6.07) is 15.0. The van der Waals surface area contributed by atoms with Gasteiger partial charge >= 0.3 is 6.01 Å². The second kappa shape index (κ2) is 7.13. The van der Waals surface area contributed by atoms with Gasteiger partial charge in [0.1, 0.15) is 5.75 Å². The first kappa shape index (κ1) is 17.1. The van der Waals surface area contributed by atoms with Gasteiger partial charge in [-0.3, -0.25) is 4.79 Å². The molecule has 0 saturated carbocycles. The molecule has 0 bridgehead atoms. The first-order valence-electron chi connectivity index (χ1n) is 8.33. The molecule has 6 nitrogen and oxygen atoms in total. The van der Waals surface area contributed by atoms with Crippen LogP contribution in [-0.4, -0.2) is 20.9 Å². The molecule has 2 heterocycles. The quantitative estimate of drug-likeness (QED) is 0.556. The van der Waals surface area contributed by atoms with E-state index >= 15 is 0 Å². The van der Waals surface area contributed by atoms with Crippen molar-refractivity contribution in [2.75, 3.05) is 5.32 Å². The fourth-order valence-corrected chi connectivity index (χ4v) is 3.40. The van der Waals surface area contributed by atoms with Gasteiger partial charge in [0.05, 0.1) is 32.8 Å². The first-order valence-corrected chi connectivity index (χ1v) is 9.21. The van der Waals surface area contributed by atoms with Gasteiger partial charge in [-0.15, -0.1) is 11.3 Å². The number of fused-ring (bicyclic) bond motifs is 1. The summed E-state index contributed by atoms with van der Waals surface area (Å²) >= 11 is 1.50. The lowest BCUT2D eigenvalue weighted by Gasteiger charge is -2.12. The number of hydrogen-bond donors (Lipinski definition) is 1. The van der Waals surface area contributed by atoms with E-state index in [1.165, 1.54) is 11.3 Å². The fourth-order valence-electron chi connectivity index (χ4n) is 2.69. The maximum Gasteiger partial charge on any atom is 0.322 e. The number of para-hydroxylation sites is 1. The number of ether oxygens (including phenoxy) is 1. The Morgan fingerprint density at radius 3 is 2.52 bits per heavy atom. The summed E-state index contributed by atoms with van der Waals surface area (Å²) in [7, 11) is 0. The molecule has 4 aromatic rings. The SMILES string of the molecule is Cc1nc(Oc2ccccc2)nc(C)c1NC(=O)c1ccc2ncsc2c1. The van der Waals surface area contributed by atoms with Crippen LogP contribution in [0.5, 0.6) is 11.8 Å². The first-order chi connectivity index (χ1) is 13.1. The van der Waals surface area contributed by atoms with Crippen LogP contribution in [0.2, 0.25) is 0 Å². The van der Waals surface area contributed by atoms with Crippen molar-refractivity contribution in [2.45, 2.75) is 13.8 Å². The number of anilines is 1. The molecule has 0 fully saturated rings. The van der Waals surface area contributed by atoms with Gasteiger partial charge in [0.25, 0.3) is 5.91 Å².